The van der Waals surface area contributed by atoms with Gasteiger partial charge in [0.25, 0.3) is 0 Å². The fourth-order valence-electron chi connectivity index (χ4n) is 4.97. The Labute approximate surface area is 229 Å². The number of likely N-dealkylation sites (tertiary alicyclic amines) is 1. The molecule has 1 saturated carbocycles. The molecule has 1 N–H and O–H groups in total. The average Bonchev–Trinajstić information content (AvgIpc) is 3.78. The van der Waals surface area contributed by atoms with E-state index in [1.807, 2.05) is 12.1 Å². The molecule has 202 valence electrons. The summed E-state index contributed by atoms with van der Waals surface area (Å²) >= 11 is 6.61. The number of hydrogen-bond donors (Lipinski definition) is 1. The van der Waals surface area contributed by atoms with Crippen LogP contribution in [0.1, 0.15) is 49.6 Å². The summed E-state index contributed by atoms with van der Waals surface area (Å²) in [6, 6.07) is 5.89. The number of benzene rings is 1. The highest BCUT2D eigenvalue weighted by Crippen LogP contribution is 2.34. The molecule has 10 heteroatoms. The van der Waals surface area contributed by atoms with E-state index in [2.05, 4.69) is 39.1 Å². The molecule has 2 fully saturated rings. The molecule has 0 spiro atoms. The van der Waals surface area contributed by atoms with Crippen molar-refractivity contribution in [3.63, 3.8) is 0 Å². The fraction of sp³-hybridized carbons (Fsp3) is 0.536. The molecule has 1 aromatic heterocycles. The standard InChI is InChI=1S/C28H35ClN6O3/c1-18(19-7-10-35(11-8-19)28(37)20-4-5-20)34(2)9-6-21-12-26(38-3)25(14-24(21)29)33-27(36)13-22-16-32-23(15-30)17-31-22/h12,14,16-20H,4-11,13H2,1-3H3,(H,33,36)/t18-/m0/s1. The summed E-state index contributed by atoms with van der Waals surface area (Å²) in [7, 11) is 3.70. The van der Waals surface area contributed by atoms with Crippen LogP contribution in [0.2, 0.25) is 5.02 Å². The van der Waals surface area contributed by atoms with Gasteiger partial charge >= 0.3 is 0 Å². The van der Waals surface area contributed by atoms with Gasteiger partial charge in [0.15, 0.2) is 5.69 Å². The Morgan fingerprint density at radius 2 is 1.97 bits per heavy atom. The highest BCUT2D eigenvalue weighted by molar-refractivity contribution is 6.31. The smallest absolute Gasteiger partial charge is 0.230 e. The number of methoxy groups -OCH3 is 1. The van der Waals surface area contributed by atoms with Crippen LogP contribution in [-0.4, -0.2) is 71.4 Å². The summed E-state index contributed by atoms with van der Waals surface area (Å²) in [4.78, 5) is 37.4. The Morgan fingerprint density at radius 1 is 1.24 bits per heavy atom. The van der Waals surface area contributed by atoms with E-state index in [9.17, 15) is 9.59 Å². The highest BCUT2D eigenvalue weighted by atomic mass is 35.5. The minimum absolute atomic E-state index is 0.0115. The van der Waals surface area contributed by atoms with Gasteiger partial charge in [0.2, 0.25) is 11.8 Å². The van der Waals surface area contributed by atoms with Crippen LogP contribution in [0.4, 0.5) is 5.69 Å². The van der Waals surface area contributed by atoms with Gasteiger partial charge in [-0.2, -0.15) is 5.26 Å². The largest absolute Gasteiger partial charge is 0.495 e. The van der Waals surface area contributed by atoms with Crippen molar-refractivity contribution in [3.8, 4) is 11.8 Å². The van der Waals surface area contributed by atoms with E-state index in [0.29, 0.717) is 45.9 Å². The van der Waals surface area contributed by atoms with Crippen LogP contribution >= 0.6 is 11.6 Å². The molecule has 1 aliphatic heterocycles. The topological polar surface area (TPSA) is 111 Å². The Morgan fingerprint density at radius 3 is 2.58 bits per heavy atom. The van der Waals surface area contributed by atoms with E-state index in [1.165, 1.54) is 12.4 Å². The number of hydrogen-bond acceptors (Lipinski definition) is 7. The molecule has 0 bridgehead atoms. The maximum Gasteiger partial charge on any atom is 0.230 e. The molecule has 9 nitrogen and oxygen atoms in total. The summed E-state index contributed by atoms with van der Waals surface area (Å²) in [5.74, 6) is 1.46. The summed E-state index contributed by atoms with van der Waals surface area (Å²) < 4.78 is 5.54. The van der Waals surface area contributed by atoms with Crippen LogP contribution in [0.5, 0.6) is 5.75 Å². The minimum Gasteiger partial charge on any atom is -0.495 e. The third-order valence-electron chi connectivity index (χ3n) is 7.69. The molecule has 1 aliphatic carbocycles. The number of carbonyl (C=O) groups is 2. The summed E-state index contributed by atoms with van der Waals surface area (Å²) in [5.41, 5.74) is 2.09. The number of amides is 2. The lowest BCUT2D eigenvalue weighted by atomic mass is 9.89. The van der Waals surface area contributed by atoms with E-state index in [1.54, 1.807) is 13.2 Å². The van der Waals surface area contributed by atoms with E-state index < -0.39 is 0 Å². The number of rotatable bonds is 10. The first-order chi connectivity index (χ1) is 18.3. The number of piperidine rings is 1. The number of ether oxygens (including phenoxy) is 1. The highest BCUT2D eigenvalue weighted by Gasteiger charge is 2.36. The summed E-state index contributed by atoms with van der Waals surface area (Å²) in [5, 5.41) is 12.2. The zero-order valence-corrected chi connectivity index (χ0v) is 23.0. The maximum atomic E-state index is 12.6. The third-order valence-corrected chi connectivity index (χ3v) is 8.05. The first-order valence-corrected chi connectivity index (χ1v) is 13.5. The zero-order valence-electron chi connectivity index (χ0n) is 22.2. The Hall–Kier alpha value is -3.22. The van der Waals surface area contributed by atoms with Crippen molar-refractivity contribution >= 4 is 29.1 Å². The van der Waals surface area contributed by atoms with Crippen LogP contribution in [0.25, 0.3) is 0 Å². The predicted molar refractivity (Wildman–Crippen MR) is 145 cm³/mol. The summed E-state index contributed by atoms with van der Waals surface area (Å²) in [6.45, 7) is 4.83. The molecule has 1 aromatic carbocycles. The predicted octanol–water partition coefficient (Wildman–Crippen LogP) is 3.70. The van der Waals surface area contributed by atoms with Gasteiger partial charge in [-0.25, -0.2) is 4.98 Å². The second-order valence-electron chi connectivity index (χ2n) is 10.3. The van der Waals surface area contributed by atoms with E-state index in [-0.39, 0.29) is 18.0 Å². The number of likely N-dealkylation sites (N-methyl/N-ethyl adjacent to an activating group) is 1. The molecule has 2 aromatic rings. The van der Waals surface area contributed by atoms with Gasteiger partial charge in [-0.3, -0.25) is 14.6 Å². The number of aromatic nitrogens is 2. The maximum absolute atomic E-state index is 12.6. The number of nitriles is 1. The molecule has 2 amide bonds. The molecule has 4 rings (SSSR count). The van der Waals surface area contributed by atoms with Crippen molar-refractivity contribution in [2.75, 3.05) is 39.1 Å². The van der Waals surface area contributed by atoms with Gasteiger partial charge < -0.3 is 19.9 Å². The van der Waals surface area contributed by atoms with Crippen LogP contribution in [0, 0.1) is 23.2 Å². The number of halogens is 1. The molecule has 2 aliphatic rings. The molecular weight excluding hydrogens is 504 g/mol. The first kappa shape index (κ1) is 27.8. The molecule has 38 heavy (non-hydrogen) atoms. The van der Waals surface area contributed by atoms with Gasteiger partial charge in [-0.1, -0.05) is 11.6 Å². The second-order valence-corrected chi connectivity index (χ2v) is 10.7. The third kappa shape index (κ3) is 7.00. The number of carbonyl (C=O) groups excluding carboxylic acids is 2. The van der Waals surface area contributed by atoms with Crippen LogP contribution in [0.3, 0.4) is 0 Å². The van der Waals surface area contributed by atoms with Crippen molar-refractivity contribution in [1.29, 1.82) is 5.26 Å². The van der Waals surface area contributed by atoms with Crippen molar-refractivity contribution in [3.05, 3.63) is 46.5 Å². The Kier molecular flexibility index (Phi) is 9.18. The lowest BCUT2D eigenvalue weighted by molar-refractivity contribution is -0.134. The Bertz CT molecular complexity index is 1190. The van der Waals surface area contributed by atoms with Gasteiger partial charge in [0.1, 0.15) is 11.8 Å². The number of anilines is 1. The first-order valence-electron chi connectivity index (χ1n) is 13.1. The number of nitrogens with zero attached hydrogens (tertiary/aromatic N) is 5. The van der Waals surface area contributed by atoms with Crippen molar-refractivity contribution < 1.29 is 14.3 Å². The minimum atomic E-state index is -0.287. The Balaban J connectivity index is 1.30. The van der Waals surface area contributed by atoms with E-state index in [4.69, 9.17) is 21.6 Å². The molecule has 2 heterocycles. The van der Waals surface area contributed by atoms with Crippen LogP contribution < -0.4 is 10.1 Å². The molecule has 0 radical (unpaired) electrons. The van der Waals surface area contributed by atoms with Crippen molar-refractivity contribution in [1.82, 2.24) is 19.8 Å². The SMILES string of the molecule is COc1cc(CCN(C)[C@@H](C)C2CCN(C(=O)C3CC3)CC2)c(Cl)cc1NC(=O)Cc1cnc(C#N)cn1. The van der Waals surface area contributed by atoms with Crippen molar-refractivity contribution in [2.45, 2.75) is 51.5 Å². The molecule has 1 saturated heterocycles. The van der Waals surface area contributed by atoms with Gasteiger partial charge in [-0.05, 0) is 69.7 Å². The second kappa shape index (κ2) is 12.5. The normalized spacial score (nSPS) is 16.7. The number of nitrogens with one attached hydrogen (secondary N) is 1. The van der Waals surface area contributed by atoms with E-state index >= 15 is 0 Å². The molecule has 1 atom stereocenters. The lowest BCUT2D eigenvalue weighted by Gasteiger charge is -2.38. The zero-order chi connectivity index (χ0) is 27.2. The quantitative estimate of drug-likeness (QED) is 0.491. The molecule has 0 unspecified atom stereocenters. The van der Waals surface area contributed by atoms with E-state index in [0.717, 1.165) is 57.3 Å². The fourth-order valence-corrected chi connectivity index (χ4v) is 5.23. The lowest BCUT2D eigenvalue weighted by Crippen LogP contribution is -2.45. The molecular formula is C28H35ClN6O3. The average molecular weight is 539 g/mol. The van der Waals surface area contributed by atoms with Gasteiger partial charge in [0.05, 0.1) is 37.3 Å². The monoisotopic (exact) mass is 538 g/mol. The van der Waals surface area contributed by atoms with Crippen LogP contribution in [-0.2, 0) is 22.4 Å². The van der Waals surface area contributed by atoms with Gasteiger partial charge in [0, 0.05) is 36.6 Å². The van der Waals surface area contributed by atoms with Crippen molar-refractivity contribution in [2.24, 2.45) is 11.8 Å². The van der Waals surface area contributed by atoms with Gasteiger partial charge in [-0.15, -0.1) is 0 Å². The summed E-state index contributed by atoms with van der Waals surface area (Å²) in [6.07, 6.45) is 7.72. The van der Waals surface area contributed by atoms with Crippen LogP contribution in [0.15, 0.2) is 24.5 Å².